The van der Waals surface area contributed by atoms with Crippen LogP contribution in [0.5, 0.6) is 5.75 Å². The number of aliphatic hydroxyl groups is 1. The first-order valence-electron chi connectivity index (χ1n) is 4.30. The van der Waals surface area contributed by atoms with E-state index in [4.69, 9.17) is 4.74 Å². The molecule has 0 aliphatic carbocycles. The van der Waals surface area contributed by atoms with Crippen LogP contribution in [0.2, 0.25) is 0 Å². The Morgan fingerprint density at radius 3 is 3.00 bits per heavy atom. The summed E-state index contributed by atoms with van der Waals surface area (Å²) in [5.41, 5.74) is 0.577. The molecule has 1 aromatic rings. The lowest BCUT2D eigenvalue weighted by Gasteiger charge is -2.12. The van der Waals surface area contributed by atoms with Gasteiger partial charge in [0.1, 0.15) is 17.7 Å². The Morgan fingerprint density at radius 1 is 1.62 bits per heavy atom. The Morgan fingerprint density at radius 2 is 2.38 bits per heavy atom. The second-order valence-electron chi connectivity index (χ2n) is 3.32. The molecular weight excluding hydrogens is 171 g/mol. The van der Waals surface area contributed by atoms with Gasteiger partial charge in [-0.2, -0.15) is 0 Å². The normalized spacial score (nSPS) is 22.2. The van der Waals surface area contributed by atoms with Gasteiger partial charge in [0.05, 0.1) is 6.10 Å². The van der Waals surface area contributed by atoms with Gasteiger partial charge in [-0.15, -0.1) is 0 Å². The maximum Gasteiger partial charge on any atom is 0.130 e. The highest BCUT2D eigenvalue weighted by atomic mass is 19.1. The quantitative estimate of drug-likeness (QED) is 0.713. The number of rotatable bonds is 1. The number of ether oxygens (including phenoxy) is 1. The highest BCUT2D eigenvalue weighted by molar-refractivity contribution is 5.38. The highest BCUT2D eigenvalue weighted by Gasteiger charge is 2.28. The lowest BCUT2D eigenvalue weighted by atomic mass is 10.1. The van der Waals surface area contributed by atoms with Gasteiger partial charge in [0.15, 0.2) is 0 Å². The zero-order valence-electron chi connectivity index (χ0n) is 7.33. The highest BCUT2D eigenvalue weighted by Crippen LogP contribution is 2.31. The van der Waals surface area contributed by atoms with Crippen LogP contribution in [0, 0.1) is 5.82 Å². The van der Waals surface area contributed by atoms with Gasteiger partial charge in [-0.3, -0.25) is 0 Å². The zero-order valence-corrected chi connectivity index (χ0v) is 7.33. The Bertz CT molecular complexity index is 323. The average Bonchev–Trinajstić information content (AvgIpc) is 2.49. The van der Waals surface area contributed by atoms with Gasteiger partial charge in [-0.1, -0.05) is 6.07 Å². The minimum absolute atomic E-state index is 0.249. The standard InChI is InChI=1S/C10H11FO2/c1-6(12)10-5-7-8(11)3-2-4-9(7)13-10/h2-4,6,10,12H,5H2,1H3. The van der Waals surface area contributed by atoms with Gasteiger partial charge < -0.3 is 9.84 Å². The van der Waals surface area contributed by atoms with E-state index in [1.807, 2.05) is 0 Å². The van der Waals surface area contributed by atoms with E-state index in [2.05, 4.69) is 0 Å². The molecule has 0 saturated carbocycles. The molecular formula is C10H11FO2. The molecule has 0 amide bonds. The Kier molecular flexibility index (Phi) is 1.96. The molecule has 2 rings (SSSR count). The predicted octanol–water partition coefficient (Wildman–Crippen LogP) is 1.51. The smallest absolute Gasteiger partial charge is 0.130 e. The van der Waals surface area contributed by atoms with Crippen molar-refractivity contribution in [3.63, 3.8) is 0 Å². The first kappa shape index (κ1) is 8.51. The van der Waals surface area contributed by atoms with Gasteiger partial charge in [-0.25, -0.2) is 4.39 Å². The summed E-state index contributed by atoms with van der Waals surface area (Å²) >= 11 is 0. The number of halogens is 1. The van der Waals surface area contributed by atoms with Gasteiger partial charge >= 0.3 is 0 Å². The fourth-order valence-corrected chi connectivity index (χ4v) is 1.52. The van der Waals surface area contributed by atoms with E-state index in [1.165, 1.54) is 6.07 Å². The van der Waals surface area contributed by atoms with Crippen molar-refractivity contribution in [3.8, 4) is 5.75 Å². The van der Waals surface area contributed by atoms with Gasteiger partial charge in [-0.05, 0) is 19.1 Å². The van der Waals surface area contributed by atoms with Crippen molar-refractivity contribution in [1.82, 2.24) is 0 Å². The molecule has 2 atom stereocenters. The summed E-state index contributed by atoms with van der Waals surface area (Å²) in [5, 5.41) is 9.27. The molecule has 1 aliphatic rings. The van der Waals surface area contributed by atoms with Gasteiger partial charge in [0, 0.05) is 12.0 Å². The van der Waals surface area contributed by atoms with E-state index in [-0.39, 0.29) is 11.9 Å². The van der Waals surface area contributed by atoms with Crippen LogP contribution in [-0.2, 0) is 6.42 Å². The first-order valence-corrected chi connectivity index (χ1v) is 4.30. The molecule has 1 N–H and O–H groups in total. The fourth-order valence-electron chi connectivity index (χ4n) is 1.52. The third-order valence-corrected chi connectivity index (χ3v) is 2.30. The third-order valence-electron chi connectivity index (χ3n) is 2.30. The molecule has 0 fully saturated rings. The van der Waals surface area contributed by atoms with Crippen LogP contribution in [0.25, 0.3) is 0 Å². The monoisotopic (exact) mass is 182 g/mol. The molecule has 1 aromatic carbocycles. The molecule has 1 aliphatic heterocycles. The Labute approximate surface area is 76.0 Å². The van der Waals surface area contributed by atoms with E-state index < -0.39 is 6.10 Å². The van der Waals surface area contributed by atoms with Crippen molar-refractivity contribution in [2.24, 2.45) is 0 Å². The van der Waals surface area contributed by atoms with E-state index in [0.29, 0.717) is 17.7 Å². The second-order valence-corrected chi connectivity index (χ2v) is 3.32. The van der Waals surface area contributed by atoms with E-state index in [0.717, 1.165) is 0 Å². The summed E-state index contributed by atoms with van der Waals surface area (Å²) in [5.74, 6) is 0.312. The molecule has 0 radical (unpaired) electrons. The van der Waals surface area contributed by atoms with Crippen molar-refractivity contribution >= 4 is 0 Å². The first-order chi connectivity index (χ1) is 6.18. The molecule has 0 bridgehead atoms. The topological polar surface area (TPSA) is 29.5 Å². The second kappa shape index (κ2) is 3.00. The lowest BCUT2D eigenvalue weighted by Crippen LogP contribution is -2.27. The van der Waals surface area contributed by atoms with Crippen molar-refractivity contribution < 1.29 is 14.2 Å². The van der Waals surface area contributed by atoms with Crippen molar-refractivity contribution in [2.75, 3.05) is 0 Å². The molecule has 2 nitrogen and oxygen atoms in total. The van der Waals surface area contributed by atoms with Gasteiger partial charge in [0.25, 0.3) is 0 Å². The lowest BCUT2D eigenvalue weighted by molar-refractivity contribution is 0.0631. The van der Waals surface area contributed by atoms with Crippen LogP contribution < -0.4 is 4.74 Å². The molecule has 13 heavy (non-hydrogen) atoms. The molecule has 70 valence electrons. The summed E-state index contributed by atoms with van der Waals surface area (Å²) in [6, 6.07) is 4.74. The minimum atomic E-state index is -0.563. The fraction of sp³-hybridized carbons (Fsp3) is 0.400. The summed E-state index contributed by atoms with van der Waals surface area (Å²) in [6.07, 6.45) is -0.404. The molecule has 1 heterocycles. The molecule has 3 heteroatoms. The molecule has 0 saturated heterocycles. The number of hydrogen-bond acceptors (Lipinski definition) is 2. The molecule has 0 spiro atoms. The molecule has 2 unspecified atom stereocenters. The summed E-state index contributed by atoms with van der Waals surface area (Å²) in [4.78, 5) is 0. The minimum Gasteiger partial charge on any atom is -0.487 e. The maximum absolute atomic E-state index is 13.2. The number of aliphatic hydroxyl groups excluding tert-OH is 1. The van der Waals surface area contributed by atoms with Crippen molar-refractivity contribution in [3.05, 3.63) is 29.6 Å². The van der Waals surface area contributed by atoms with Gasteiger partial charge in [0.2, 0.25) is 0 Å². The Hall–Kier alpha value is -1.09. The van der Waals surface area contributed by atoms with E-state index >= 15 is 0 Å². The number of fused-ring (bicyclic) bond motifs is 1. The van der Waals surface area contributed by atoms with Crippen LogP contribution in [0.4, 0.5) is 4.39 Å². The third kappa shape index (κ3) is 1.40. The molecule has 0 aromatic heterocycles. The Balaban J connectivity index is 2.30. The van der Waals surface area contributed by atoms with Crippen LogP contribution in [-0.4, -0.2) is 17.3 Å². The van der Waals surface area contributed by atoms with Crippen LogP contribution in [0.3, 0.4) is 0 Å². The maximum atomic E-state index is 13.2. The van der Waals surface area contributed by atoms with E-state index in [1.54, 1.807) is 19.1 Å². The van der Waals surface area contributed by atoms with Crippen molar-refractivity contribution in [1.29, 1.82) is 0 Å². The van der Waals surface area contributed by atoms with Crippen LogP contribution in [0.15, 0.2) is 18.2 Å². The summed E-state index contributed by atoms with van der Waals surface area (Å²) in [6.45, 7) is 1.65. The number of benzene rings is 1. The number of hydrogen-bond donors (Lipinski definition) is 1. The zero-order chi connectivity index (χ0) is 9.42. The predicted molar refractivity (Wildman–Crippen MR) is 46.2 cm³/mol. The van der Waals surface area contributed by atoms with Crippen LogP contribution in [0.1, 0.15) is 12.5 Å². The van der Waals surface area contributed by atoms with E-state index in [9.17, 15) is 9.50 Å². The summed E-state index contributed by atoms with van der Waals surface area (Å²) in [7, 11) is 0. The average molecular weight is 182 g/mol. The largest absolute Gasteiger partial charge is 0.487 e. The van der Waals surface area contributed by atoms with Crippen LogP contribution >= 0.6 is 0 Å². The SMILES string of the molecule is CC(O)C1Cc2c(F)cccc2O1. The summed E-state index contributed by atoms with van der Waals surface area (Å²) < 4.78 is 18.5. The van der Waals surface area contributed by atoms with Crippen molar-refractivity contribution in [2.45, 2.75) is 25.6 Å².